The van der Waals surface area contributed by atoms with E-state index in [-0.39, 0.29) is 5.91 Å². The van der Waals surface area contributed by atoms with E-state index >= 15 is 0 Å². The van der Waals surface area contributed by atoms with E-state index < -0.39 is 0 Å². The van der Waals surface area contributed by atoms with E-state index in [1.807, 2.05) is 56.3 Å². The molecule has 0 unspecified atom stereocenters. The normalized spacial score (nSPS) is 10.5. The Hall–Kier alpha value is -3.08. The summed E-state index contributed by atoms with van der Waals surface area (Å²) in [6.45, 7) is 4.05. The third-order valence-electron chi connectivity index (χ3n) is 4.02. The highest BCUT2D eigenvalue weighted by Gasteiger charge is 2.14. The Balaban J connectivity index is 2.07. The molecule has 0 spiro atoms. The van der Waals surface area contributed by atoms with Crippen LogP contribution in [0.25, 0.3) is 22.3 Å². The van der Waals surface area contributed by atoms with Crippen LogP contribution in [0.4, 0.5) is 0 Å². The van der Waals surface area contributed by atoms with E-state index in [0.717, 1.165) is 35.2 Å². The van der Waals surface area contributed by atoms with E-state index in [2.05, 4.69) is 20.5 Å². The maximum Gasteiger partial charge on any atom is 0.272 e. The molecule has 3 rings (SSSR count). The number of aromatic nitrogens is 2. The molecule has 3 aromatic rings. The number of nitrogens with one attached hydrogen (secondary N) is 1. The van der Waals surface area contributed by atoms with Crippen molar-refractivity contribution in [3.8, 4) is 11.4 Å². The average molecular weight is 332 g/mol. The van der Waals surface area contributed by atoms with Crippen LogP contribution in [0.5, 0.6) is 0 Å². The number of para-hydroxylation sites is 1. The molecule has 0 aliphatic rings. The average Bonchev–Trinajstić information content (AvgIpc) is 2.68. The molecular formula is C20H20N4O. The van der Waals surface area contributed by atoms with Crippen LogP contribution in [0.1, 0.15) is 37.0 Å². The van der Waals surface area contributed by atoms with Gasteiger partial charge in [-0.2, -0.15) is 5.10 Å². The summed E-state index contributed by atoms with van der Waals surface area (Å²) in [5.74, 6) is -0.241. The zero-order chi connectivity index (χ0) is 17.6. The quantitative estimate of drug-likeness (QED) is 0.562. The molecule has 1 N–H and O–H groups in total. The summed E-state index contributed by atoms with van der Waals surface area (Å²) in [5.41, 5.74) is 6.32. The first-order valence-corrected chi connectivity index (χ1v) is 8.40. The van der Waals surface area contributed by atoms with E-state index in [1.54, 1.807) is 12.3 Å². The van der Waals surface area contributed by atoms with Crippen molar-refractivity contribution in [3.63, 3.8) is 0 Å². The number of hydrazone groups is 1. The molecule has 126 valence electrons. The maximum atomic E-state index is 12.7. The third-order valence-corrected chi connectivity index (χ3v) is 4.02. The van der Waals surface area contributed by atoms with Crippen molar-refractivity contribution in [2.45, 2.75) is 26.7 Å². The molecule has 5 nitrogen and oxygen atoms in total. The Bertz CT molecular complexity index is 913. The Morgan fingerprint density at radius 3 is 2.52 bits per heavy atom. The first-order valence-electron chi connectivity index (χ1n) is 8.40. The second-order valence-corrected chi connectivity index (χ2v) is 5.61. The predicted molar refractivity (Wildman–Crippen MR) is 100 cm³/mol. The number of hydrogen-bond acceptors (Lipinski definition) is 4. The number of pyridine rings is 2. The fourth-order valence-electron chi connectivity index (χ4n) is 2.61. The van der Waals surface area contributed by atoms with Gasteiger partial charge < -0.3 is 0 Å². The van der Waals surface area contributed by atoms with E-state index in [0.29, 0.717) is 11.3 Å². The van der Waals surface area contributed by atoms with Crippen LogP contribution in [-0.2, 0) is 0 Å². The lowest BCUT2D eigenvalue weighted by molar-refractivity contribution is 0.0956. The Kier molecular flexibility index (Phi) is 5.14. The summed E-state index contributed by atoms with van der Waals surface area (Å²) in [7, 11) is 0. The number of rotatable bonds is 5. The summed E-state index contributed by atoms with van der Waals surface area (Å²) < 4.78 is 0. The topological polar surface area (TPSA) is 67.2 Å². The van der Waals surface area contributed by atoms with Crippen LogP contribution in [0.2, 0.25) is 0 Å². The van der Waals surface area contributed by atoms with Gasteiger partial charge >= 0.3 is 0 Å². The Morgan fingerprint density at radius 2 is 1.80 bits per heavy atom. The summed E-state index contributed by atoms with van der Waals surface area (Å²) in [6, 6.07) is 15.0. The van der Waals surface area contributed by atoms with Crippen LogP contribution >= 0.6 is 0 Å². The number of benzene rings is 1. The number of fused-ring (bicyclic) bond motifs is 1. The molecule has 0 saturated carbocycles. The molecule has 5 heteroatoms. The SMILES string of the molecule is CCC(CC)=NNC(=O)c1cc(-c2ccccn2)nc2ccccc12. The second kappa shape index (κ2) is 7.66. The number of nitrogens with zero attached hydrogens (tertiary/aromatic N) is 3. The summed E-state index contributed by atoms with van der Waals surface area (Å²) in [4.78, 5) is 21.7. The van der Waals surface area contributed by atoms with Crippen LogP contribution in [0.3, 0.4) is 0 Å². The van der Waals surface area contributed by atoms with Crippen LogP contribution in [0, 0.1) is 0 Å². The van der Waals surface area contributed by atoms with Gasteiger partial charge in [0.05, 0.1) is 22.5 Å². The minimum atomic E-state index is -0.241. The summed E-state index contributed by atoms with van der Waals surface area (Å²) in [6.07, 6.45) is 3.34. The monoisotopic (exact) mass is 332 g/mol. The van der Waals surface area contributed by atoms with E-state index in [1.165, 1.54) is 0 Å². The van der Waals surface area contributed by atoms with E-state index in [4.69, 9.17) is 0 Å². The van der Waals surface area contributed by atoms with Gasteiger partial charge in [-0.1, -0.05) is 38.1 Å². The van der Waals surface area contributed by atoms with Crippen molar-refractivity contribution >= 4 is 22.5 Å². The van der Waals surface area contributed by atoms with Crippen molar-refractivity contribution in [3.05, 3.63) is 60.3 Å². The lowest BCUT2D eigenvalue weighted by Crippen LogP contribution is -2.20. The molecule has 0 saturated heterocycles. The van der Waals surface area contributed by atoms with Gasteiger partial charge in [0.1, 0.15) is 0 Å². The van der Waals surface area contributed by atoms with Crippen molar-refractivity contribution in [1.82, 2.24) is 15.4 Å². The van der Waals surface area contributed by atoms with Crippen molar-refractivity contribution in [2.24, 2.45) is 5.10 Å². The molecule has 25 heavy (non-hydrogen) atoms. The van der Waals surface area contributed by atoms with Crippen LogP contribution in [0.15, 0.2) is 59.8 Å². The van der Waals surface area contributed by atoms with Crippen LogP contribution < -0.4 is 5.43 Å². The molecule has 0 aliphatic carbocycles. The zero-order valence-electron chi connectivity index (χ0n) is 14.4. The van der Waals surface area contributed by atoms with Crippen LogP contribution in [-0.4, -0.2) is 21.6 Å². The number of carbonyl (C=O) groups excluding carboxylic acids is 1. The summed E-state index contributed by atoms with van der Waals surface area (Å²) >= 11 is 0. The lowest BCUT2D eigenvalue weighted by atomic mass is 10.1. The maximum absolute atomic E-state index is 12.7. The molecule has 2 heterocycles. The highest BCUT2D eigenvalue weighted by Crippen LogP contribution is 2.23. The highest BCUT2D eigenvalue weighted by atomic mass is 16.2. The Labute approximate surface area is 146 Å². The molecule has 0 radical (unpaired) electrons. The molecule has 0 fully saturated rings. The Morgan fingerprint density at radius 1 is 1.04 bits per heavy atom. The molecular weight excluding hydrogens is 312 g/mol. The minimum Gasteiger partial charge on any atom is -0.267 e. The van der Waals surface area contributed by atoms with Gasteiger partial charge in [0.25, 0.3) is 5.91 Å². The molecule has 0 atom stereocenters. The molecule has 0 aliphatic heterocycles. The van der Waals surface area contributed by atoms with Gasteiger partial charge in [-0.3, -0.25) is 9.78 Å². The predicted octanol–water partition coefficient (Wildman–Crippen LogP) is 4.20. The first kappa shape index (κ1) is 16.8. The molecule has 1 amide bonds. The molecule has 0 bridgehead atoms. The van der Waals surface area contributed by atoms with Gasteiger partial charge in [0, 0.05) is 17.3 Å². The molecule has 1 aromatic carbocycles. The van der Waals surface area contributed by atoms with Gasteiger partial charge in [-0.05, 0) is 37.1 Å². The first-order chi connectivity index (χ1) is 12.2. The smallest absolute Gasteiger partial charge is 0.267 e. The number of carbonyl (C=O) groups is 1. The van der Waals surface area contributed by atoms with Gasteiger partial charge in [-0.15, -0.1) is 0 Å². The summed E-state index contributed by atoms with van der Waals surface area (Å²) in [5, 5.41) is 5.02. The lowest BCUT2D eigenvalue weighted by Gasteiger charge is -2.09. The number of amides is 1. The zero-order valence-corrected chi connectivity index (χ0v) is 14.4. The van der Waals surface area contributed by atoms with Crippen molar-refractivity contribution < 1.29 is 4.79 Å². The van der Waals surface area contributed by atoms with Gasteiger partial charge in [0.15, 0.2) is 0 Å². The largest absolute Gasteiger partial charge is 0.272 e. The number of hydrogen-bond donors (Lipinski definition) is 1. The fraction of sp³-hybridized carbons (Fsp3) is 0.200. The standard InChI is InChI=1S/C20H20N4O/c1-3-14(4-2)23-24-20(25)16-13-19(18-11-7-8-12-21-18)22-17-10-6-5-9-15(16)17/h5-13H,3-4H2,1-2H3,(H,24,25). The molecule has 2 aromatic heterocycles. The third kappa shape index (κ3) is 3.71. The van der Waals surface area contributed by atoms with E-state index in [9.17, 15) is 4.79 Å². The minimum absolute atomic E-state index is 0.241. The fourth-order valence-corrected chi connectivity index (χ4v) is 2.61. The van der Waals surface area contributed by atoms with Gasteiger partial charge in [-0.25, -0.2) is 10.4 Å². The van der Waals surface area contributed by atoms with Crippen molar-refractivity contribution in [1.29, 1.82) is 0 Å². The van der Waals surface area contributed by atoms with Crippen molar-refractivity contribution in [2.75, 3.05) is 0 Å². The second-order valence-electron chi connectivity index (χ2n) is 5.61. The van der Waals surface area contributed by atoms with Gasteiger partial charge in [0.2, 0.25) is 0 Å². The highest BCUT2D eigenvalue weighted by molar-refractivity contribution is 6.07.